The van der Waals surface area contributed by atoms with Crippen molar-refractivity contribution in [3.8, 4) is 5.75 Å². The number of aliphatic hydroxyl groups excluding tert-OH is 1. The molecule has 0 radical (unpaired) electrons. The monoisotopic (exact) mass is 596 g/mol. The van der Waals surface area contributed by atoms with Gasteiger partial charge in [0.25, 0.3) is 0 Å². The zero-order chi connectivity index (χ0) is 32.1. The lowest BCUT2D eigenvalue weighted by atomic mass is 9.98. The molecule has 0 saturated heterocycles. The first kappa shape index (κ1) is 39.9. The predicted molar refractivity (Wildman–Crippen MR) is 183 cm³/mol. The Hall–Kier alpha value is -3.14. The van der Waals surface area contributed by atoms with E-state index in [2.05, 4.69) is 72.8 Å². The van der Waals surface area contributed by atoms with Crippen LogP contribution in [0.1, 0.15) is 45.2 Å². The highest BCUT2D eigenvalue weighted by molar-refractivity contribution is 6.08. The smallest absolute Gasteiger partial charge is 0.121 e. The minimum atomic E-state index is 0.104. The Bertz CT molecular complexity index is 1040. The number of likely N-dealkylation sites (N-methyl/N-ethyl adjacent to an activating group) is 1. The van der Waals surface area contributed by atoms with E-state index in [1.807, 2.05) is 32.0 Å². The van der Waals surface area contributed by atoms with Crippen molar-refractivity contribution in [2.24, 2.45) is 21.6 Å². The highest BCUT2D eigenvalue weighted by Crippen LogP contribution is 2.19. The van der Waals surface area contributed by atoms with Gasteiger partial charge in [-0.3, -0.25) is 9.98 Å². The molecule has 1 aromatic rings. The lowest BCUT2D eigenvalue weighted by Crippen LogP contribution is -2.27. The lowest BCUT2D eigenvalue weighted by molar-refractivity contribution is 0.121. The number of nitrogens with two attached hydrogens (primary N) is 1. The van der Waals surface area contributed by atoms with Crippen molar-refractivity contribution >= 4 is 12.4 Å². The van der Waals surface area contributed by atoms with Gasteiger partial charge in [-0.15, -0.1) is 0 Å². The fraction of sp³-hybridized carbons (Fsp3) is 0.486. The molecule has 0 saturated carbocycles. The molecule has 2 rings (SSSR count). The van der Waals surface area contributed by atoms with Crippen molar-refractivity contribution in [1.82, 2.24) is 4.90 Å². The van der Waals surface area contributed by atoms with Crippen LogP contribution >= 0.6 is 0 Å². The first-order chi connectivity index (χ1) is 20.9. The molecule has 8 heteroatoms. The van der Waals surface area contributed by atoms with Crippen LogP contribution in [0.2, 0.25) is 0 Å². The molecule has 0 fully saturated rings. The first-order valence-electron chi connectivity index (χ1n) is 15.1. The molecule has 43 heavy (non-hydrogen) atoms. The highest BCUT2D eigenvalue weighted by atomic mass is 16.5. The molecule has 1 atom stereocenters. The molecular weight excluding hydrogens is 540 g/mol. The number of benzene rings is 1. The number of allylic oxidation sites excluding steroid dienone is 6. The van der Waals surface area contributed by atoms with E-state index in [0.717, 1.165) is 68.5 Å². The van der Waals surface area contributed by atoms with E-state index < -0.39 is 0 Å². The van der Waals surface area contributed by atoms with Crippen LogP contribution in [-0.2, 0) is 9.47 Å². The van der Waals surface area contributed by atoms with E-state index in [1.165, 1.54) is 5.57 Å². The topological polar surface area (TPSA) is 102 Å². The van der Waals surface area contributed by atoms with Gasteiger partial charge in [0.15, 0.2) is 0 Å². The number of aryl methyl sites for hydroxylation is 1. The third-order valence-electron chi connectivity index (χ3n) is 6.44. The number of hydrogen-bond acceptors (Lipinski definition) is 8. The van der Waals surface area contributed by atoms with Crippen molar-refractivity contribution in [2.45, 2.75) is 41.0 Å². The van der Waals surface area contributed by atoms with Crippen LogP contribution in [0.15, 0.2) is 88.6 Å². The Kier molecular flexibility index (Phi) is 25.7. The quantitative estimate of drug-likeness (QED) is 0.140. The van der Waals surface area contributed by atoms with Gasteiger partial charge in [-0.25, -0.2) is 0 Å². The molecule has 1 aromatic carbocycles. The second-order valence-electron chi connectivity index (χ2n) is 9.42. The SMILES string of the molecule is C=N/C=C\C(=N/CN)c1ccc(OC)c(C)c1.CCN(CC)CCOC/C1=C/C/C=C\C=CC1C.CCOC/C=C/CO. The summed E-state index contributed by atoms with van der Waals surface area (Å²) in [4.78, 5) is 10.3. The zero-order valence-electron chi connectivity index (χ0n) is 27.4. The molecule has 0 aromatic heterocycles. The summed E-state index contributed by atoms with van der Waals surface area (Å²) in [6, 6.07) is 5.85. The third kappa shape index (κ3) is 19.6. The number of methoxy groups -OCH3 is 1. The Morgan fingerprint density at radius 3 is 2.53 bits per heavy atom. The van der Waals surface area contributed by atoms with Gasteiger partial charge >= 0.3 is 0 Å². The van der Waals surface area contributed by atoms with Gasteiger partial charge in [-0.2, -0.15) is 0 Å². The van der Waals surface area contributed by atoms with Gasteiger partial charge < -0.3 is 30.0 Å². The largest absolute Gasteiger partial charge is 0.496 e. The summed E-state index contributed by atoms with van der Waals surface area (Å²) in [6.45, 7) is 20.4. The van der Waals surface area contributed by atoms with Crippen molar-refractivity contribution in [3.63, 3.8) is 0 Å². The van der Waals surface area contributed by atoms with E-state index in [1.54, 1.807) is 31.5 Å². The number of aliphatic hydroxyl groups is 1. The van der Waals surface area contributed by atoms with Crippen molar-refractivity contribution in [1.29, 1.82) is 0 Å². The standard InChI is InChI=1S/C16H27NO.C13H17N3O.C6H12O2/c1-4-17(5-2)12-13-18-14-16-11-9-7-6-8-10-15(16)3;1-10-8-11(4-5-13(10)17-3)12(16-9-14)6-7-15-2;1-2-8-6-4-3-5-7/h6-8,10-11,15H,4-5,9,12-14H2,1-3H3;4-8H,2,9,14H2,1,3H3;3-4,7H,2,5-6H2,1H3/b7-6-,10-8?,16-11-;7-6-,16-12+;4-3+. The number of hydrogen-bond donors (Lipinski definition) is 2. The predicted octanol–water partition coefficient (Wildman–Crippen LogP) is 5.92. The van der Waals surface area contributed by atoms with Gasteiger partial charge in [-0.1, -0.05) is 63.3 Å². The number of aliphatic imine (C=N–C) groups is 2. The van der Waals surface area contributed by atoms with Crippen LogP contribution in [0.5, 0.6) is 5.75 Å². The molecule has 240 valence electrons. The molecule has 0 spiro atoms. The first-order valence-corrected chi connectivity index (χ1v) is 15.1. The summed E-state index contributed by atoms with van der Waals surface area (Å²) < 4.78 is 16.0. The van der Waals surface area contributed by atoms with E-state index in [4.69, 9.17) is 25.1 Å². The van der Waals surface area contributed by atoms with Crippen molar-refractivity contribution < 1.29 is 19.3 Å². The maximum atomic E-state index is 8.22. The lowest BCUT2D eigenvalue weighted by Gasteiger charge is -2.19. The molecule has 1 unspecified atom stereocenters. The van der Waals surface area contributed by atoms with Gasteiger partial charge in [0.1, 0.15) is 5.75 Å². The summed E-state index contributed by atoms with van der Waals surface area (Å²) in [5, 5.41) is 8.22. The van der Waals surface area contributed by atoms with Crippen LogP contribution in [0.4, 0.5) is 0 Å². The van der Waals surface area contributed by atoms with E-state index in [0.29, 0.717) is 12.5 Å². The Labute approximate surface area is 261 Å². The minimum absolute atomic E-state index is 0.104. The molecule has 8 nitrogen and oxygen atoms in total. The van der Waals surface area contributed by atoms with Gasteiger partial charge in [-0.05, 0) is 81.4 Å². The summed E-state index contributed by atoms with van der Waals surface area (Å²) >= 11 is 0. The number of ether oxygens (including phenoxy) is 3. The third-order valence-corrected chi connectivity index (χ3v) is 6.44. The Balaban J connectivity index is 0.000000661. The molecule has 0 heterocycles. The maximum absolute atomic E-state index is 8.22. The molecular formula is C35H56N4O4. The van der Waals surface area contributed by atoms with Crippen LogP contribution in [-0.4, -0.2) is 88.9 Å². The highest BCUT2D eigenvalue weighted by Gasteiger charge is 2.07. The molecule has 0 amide bonds. The maximum Gasteiger partial charge on any atom is 0.121 e. The van der Waals surface area contributed by atoms with Crippen molar-refractivity contribution in [2.75, 3.05) is 66.4 Å². The normalized spacial score (nSPS) is 16.9. The average molecular weight is 597 g/mol. The molecule has 3 N–H and O–H groups in total. The number of nitrogens with zero attached hydrogens (tertiary/aromatic N) is 3. The van der Waals surface area contributed by atoms with Gasteiger partial charge in [0, 0.05) is 24.9 Å². The summed E-state index contributed by atoms with van der Waals surface area (Å²) in [5.74, 6) is 1.34. The van der Waals surface area contributed by atoms with Crippen LogP contribution in [0.3, 0.4) is 0 Å². The summed E-state index contributed by atoms with van der Waals surface area (Å²) in [7, 11) is 1.65. The fourth-order valence-electron chi connectivity index (χ4n) is 3.86. The fourth-order valence-corrected chi connectivity index (χ4v) is 3.86. The minimum Gasteiger partial charge on any atom is -0.496 e. The van der Waals surface area contributed by atoms with Crippen molar-refractivity contribution in [3.05, 3.63) is 89.7 Å². The summed E-state index contributed by atoms with van der Waals surface area (Å²) in [6.07, 6.45) is 18.8. The summed E-state index contributed by atoms with van der Waals surface area (Å²) in [5.41, 5.74) is 9.65. The molecule has 0 aliphatic heterocycles. The second-order valence-corrected chi connectivity index (χ2v) is 9.42. The van der Waals surface area contributed by atoms with E-state index in [9.17, 15) is 0 Å². The van der Waals surface area contributed by atoms with Crippen LogP contribution < -0.4 is 10.5 Å². The second kappa shape index (κ2) is 27.7. The van der Waals surface area contributed by atoms with Crippen LogP contribution in [0, 0.1) is 12.8 Å². The Morgan fingerprint density at radius 2 is 1.93 bits per heavy atom. The van der Waals surface area contributed by atoms with Gasteiger partial charge in [0.2, 0.25) is 0 Å². The molecule has 1 aliphatic rings. The Morgan fingerprint density at radius 1 is 1.16 bits per heavy atom. The van der Waals surface area contributed by atoms with Gasteiger partial charge in [0.05, 0.1) is 45.9 Å². The molecule has 0 bridgehead atoms. The average Bonchev–Trinajstić information content (AvgIpc) is 3.01. The number of rotatable bonds is 16. The van der Waals surface area contributed by atoms with E-state index in [-0.39, 0.29) is 13.3 Å². The molecule has 1 aliphatic carbocycles. The zero-order valence-corrected chi connectivity index (χ0v) is 27.4. The van der Waals surface area contributed by atoms with Crippen LogP contribution in [0.25, 0.3) is 0 Å². The van der Waals surface area contributed by atoms with E-state index >= 15 is 0 Å².